The van der Waals surface area contributed by atoms with Gasteiger partial charge >= 0.3 is 10.5 Å². The van der Waals surface area contributed by atoms with Crippen LogP contribution in [0.25, 0.3) is 0 Å². The molecule has 0 bridgehead atoms. The Morgan fingerprint density at radius 3 is 2.39 bits per heavy atom. The Hall–Kier alpha value is -1.95. The first-order valence-corrected chi connectivity index (χ1v) is 6.47. The SMILES string of the molecule is O=S(=O)(F)Oc1ccc(Cc2ccccn2)cc1. The van der Waals surface area contributed by atoms with Crippen LogP contribution < -0.4 is 4.18 Å². The van der Waals surface area contributed by atoms with E-state index >= 15 is 0 Å². The summed E-state index contributed by atoms with van der Waals surface area (Å²) >= 11 is 0. The lowest BCUT2D eigenvalue weighted by Crippen LogP contribution is -2.01. The monoisotopic (exact) mass is 267 g/mol. The molecule has 94 valence electrons. The third kappa shape index (κ3) is 3.81. The summed E-state index contributed by atoms with van der Waals surface area (Å²) in [5.74, 6) is -0.0535. The number of nitrogens with zero attached hydrogens (tertiary/aromatic N) is 1. The van der Waals surface area contributed by atoms with E-state index < -0.39 is 10.5 Å². The van der Waals surface area contributed by atoms with Crippen molar-refractivity contribution in [2.24, 2.45) is 0 Å². The van der Waals surface area contributed by atoms with Crippen LogP contribution in [0.1, 0.15) is 11.3 Å². The van der Waals surface area contributed by atoms with Gasteiger partial charge in [-0.05, 0) is 29.8 Å². The van der Waals surface area contributed by atoms with E-state index in [0.29, 0.717) is 6.42 Å². The molecule has 18 heavy (non-hydrogen) atoms. The van der Waals surface area contributed by atoms with Gasteiger partial charge in [0.25, 0.3) is 0 Å². The molecule has 1 aromatic heterocycles. The highest BCUT2D eigenvalue weighted by Crippen LogP contribution is 2.16. The van der Waals surface area contributed by atoms with Crippen molar-refractivity contribution < 1.29 is 16.5 Å². The van der Waals surface area contributed by atoms with Gasteiger partial charge in [0.1, 0.15) is 5.75 Å². The number of halogens is 1. The molecule has 2 rings (SSSR count). The first kappa shape index (κ1) is 12.5. The smallest absolute Gasteiger partial charge is 0.358 e. The number of aromatic nitrogens is 1. The van der Waals surface area contributed by atoms with Crippen molar-refractivity contribution in [3.8, 4) is 5.75 Å². The minimum Gasteiger partial charge on any atom is -0.358 e. The quantitative estimate of drug-likeness (QED) is 0.797. The summed E-state index contributed by atoms with van der Waals surface area (Å²) < 4.78 is 36.9. The van der Waals surface area contributed by atoms with Crippen molar-refractivity contribution in [3.05, 3.63) is 59.9 Å². The number of hydrogen-bond donors (Lipinski definition) is 0. The maximum Gasteiger partial charge on any atom is 0.488 e. The third-order valence-electron chi connectivity index (χ3n) is 2.23. The molecular weight excluding hydrogens is 257 g/mol. The highest BCUT2D eigenvalue weighted by atomic mass is 32.3. The highest BCUT2D eigenvalue weighted by molar-refractivity contribution is 7.81. The second-order valence-corrected chi connectivity index (χ2v) is 4.57. The van der Waals surface area contributed by atoms with Gasteiger partial charge in [0.15, 0.2) is 0 Å². The molecule has 0 aliphatic heterocycles. The Morgan fingerprint density at radius 2 is 1.83 bits per heavy atom. The first-order chi connectivity index (χ1) is 8.53. The molecule has 0 aliphatic carbocycles. The molecule has 1 aromatic carbocycles. The van der Waals surface area contributed by atoms with Crippen molar-refractivity contribution in [3.63, 3.8) is 0 Å². The molecule has 0 amide bonds. The minimum atomic E-state index is -4.96. The average molecular weight is 267 g/mol. The molecule has 0 N–H and O–H groups in total. The van der Waals surface area contributed by atoms with Gasteiger partial charge < -0.3 is 4.18 Å². The fourth-order valence-corrected chi connectivity index (χ4v) is 1.83. The molecule has 0 unspecified atom stereocenters. The number of rotatable bonds is 4. The summed E-state index contributed by atoms with van der Waals surface area (Å²) in [5, 5.41) is 0. The fourth-order valence-electron chi connectivity index (χ4n) is 1.49. The van der Waals surface area contributed by atoms with Crippen molar-refractivity contribution in [2.45, 2.75) is 6.42 Å². The molecule has 0 saturated carbocycles. The summed E-state index contributed by atoms with van der Waals surface area (Å²) in [6.45, 7) is 0. The lowest BCUT2D eigenvalue weighted by atomic mass is 10.1. The molecular formula is C12H10FNO3S. The zero-order chi connectivity index (χ0) is 13.0. The van der Waals surface area contributed by atoms with Crippen LogP contribution in [0.4, 0.5) is 3.89 Å². The Kier molecular flexibility index (Phi) is 3.57. The van der Waals surface area contributed by atoms with Gasteiger partial charge in [-0.1, -0.05) is 22.1 Å². The number of hydrogen-bond acceptors (Lipinski definition) is 4. The van der Waals surface area contributed by atoms with Crippen molar-refractivity contribution >= 4 is 10.5 Å². The van der Waals surface area contributed by atoms with Crippen LogP contribution in [0.2, 0.25) is 0 Å². The number of pyridine rings is 1. The molecule has 0 spiro atoms. The summed E-state index contributed by atoms with van der Waals surface area (Å²) in [6, 6.07) is 11.7. The van der Waals surface area contributed by atoms with E-state index in [1.807, 2.05) is 18.2 Å². The van der Waals surface area contributed by atoms with E-state index in [9.17, 15) is 12.3 Å². The zero-order valence-corrected chi connectivity index (χ0v) is 10.1. The first-order valence-electron chi connectivity index (χ1n) is 5.16. The predicted octanol–water partition coefficient (Wildman–Crippen LogP) is 2.27. The molecule has 1 heterocycles. The average Bonchev–Trinajstić information content (AvgIpc) is 2.31. The van der Waals surface area contributed by atoms with E-state index in [1.165, 1.54) is 12.1 Å². The third-order valence-corrected chi connectivity index (χ3v) is 2.62. The van der Waals surface area contributed by atoms with E-state index in [0.717, 1.165) is 11.3 Å². The lowest BCUT2D eigenvalue weighted by molar-refractivity contribution is 0.440. The second kappa shape index (κ2) is 5.14. The van der Waals surface area contributed by atoms with Crippen LogP contribution in [0.15, 0.2) is 48.7 Å². The van der Waals surface area contributed by atoms with Gasteiger partial charge in [-0.2, -0.15) is 8.42 Å². The molecule has 0 atom stereocenters. The Bertz CT molecular complexity index is 612. The maximum absolute atomic E-state index is 12.3. The van der Waals surface area contributed by atoms with E-state index in [2.05, 4.69) is 9.17 Å². The molecule has 2 aromatic rings. The molecule has 4 nitrogen and oxygen atoms in total. The van der Waals surface area contributed by atoms with Gasteiger partial charge in [-0.3, -0.25) is 4.98 Å². The van der Waals surface area contributed by atoms with Crippen LogP contribution in [0.5, 0.6) is 5.75 Å². The molecule has 6 heteroatoms. The van der Waals surface area contributed by atoms with Crippen molar-refractivity contribution in [1.29, 1.82) is 0 Å². The van der Waals surface area contributed by atoms with E-state index in [-0.39, 0.29) is 5.75 Å². The topological polar surface area (TPSA) is 56.3 Å². The molecule has 0 radical (unpaired) electrons. The Labute approximate surface area is 104 Å². The van der Waals surface area contributed by atoms with Gasteiger partial charge in [0.2, 0.25) is 0 Å². The standard InChI is InChI=1S/C12H10FNO3S/c13-18(15,16)17-12-6-4-10(5-7-12)9-11-3-1-2-8-14-11/h1-8H,9H2. The maximum atomic E-state index is 12.3. The normalized spacial score (nSPS) is 11.2. The van der Waals surface area contributed by atoms with Crippen LogP contribution >= 0.6 is 0 Å². The number of benzene rings is 1. The highest BCUT2D eigenvalue weighted by Gasteiger charge is 2.09. The van der Waals surface area contributed by atoms with Gasteiger partial charge in [0.05, 0.1) is 0 Å². The molecule has 0 saturated heterocycles. The van der Waals surface area contributed by atoms with Crippen molar-refractivity contribution in [1.82, 2.24) is 4.98 Å². The van der Waals surface area contributed by atoms with Gasteiger partial charge in [0, 0.05) is 18.3 Å². The summed E-state index contributed by atoms with van der Waals surface area (Å²) in [6.07, 6.45) is 2.31. The molecule has 0 aliphatic rings. The summed E-state index contributed by atoms with van der Waals surface area (Å²) in [7, 11) is -4.96. The largest absolute Gasteiger partial charge is 0.488 e. The fraction of sp³-hybridized carbons (Fsp3) is 0.0833. The van der Waals surface area contributed by atoms with Crippen molar-refractivity contribution in [2.75, 3.05) is 0 Å². The minimum absolute atomic E-state index is 0.0535. The van der Waals surface area contributed by atoms with Gasteiger partial charge in [-0.25, -0.2) is 0 Å². The van der Waals surface area contributed by atoms with Crippen LogP contribution in [-0.4, -0.2) is 13.4 Å². The van der Waals surface area contributed by atoms with E-state index in [4.69, 9.17) is 0 Å². The zero-order valence-electron chi connectivity index (χ0n) is 9.28. The Balaban J connectivity index is 2.09. The second-order valence-electron chi connectivity index (χ2n) is 3.62. The Morgan fingerprint density at radius 1 is 1.11 bits per heavy atom. The lowest BCUT2D eigenvalue weighted by Gasteiger charge is -2.03. The van der Waals surface area contributed by atoms with Gasteiger partial charge in [-0.15, -0.1) is 0 Å². The predicted molar refractivity (Wildman–Crippen MR) is 64.1 cm³/mol. The summed E-state index contributed by atoms with van der Waals surface area (Å²) in [5.41, 5.74) is 1.82. The summed E-state index contributed by atoms with van der Waals surface area (Å²) in [4.78, 5) is 4.17. The van der Waals surface area contributed by atoms with E-state index in [1.54, 1.807) is 18.3 Å². The van der Waals surface area contributed by atoms with Crippen LogP contribution in [-0.2, 0) is 16.9 Å². The van der Waals surface area contributed by atoms with Crippen LogP contribution in [0.3, 0.4) is 0 Å². The molecule has 0 fully saturated rings. The van der Waals surface area contributed by atoms with Crippen LogP contribution in [0, 0.1) is 0 Å².